The Bertz CT molecular complexity index is 2790. The Morgan fingerprint density at radius 1 is 0.412 bits per heavy atom. The number of pyridine rings is 3. The SMILES string of the molecule is c1ccc(-c2c3ccccc3c(-c3cc4nn(-c5cc(-c6cccnc6)nc(-c6cccnc6)c5)nc4c4ccccc34)c3ccccc23)cc1. The standard InChI is InChI=1S/C45H28N6/c1-2-12-29(13-3-1)43-34-17-5-7-19-36(34)44(37-20-8-6-18-35(37)43)39-26-42-45(38-21-9-4-16-33(38)39)50-51(49-42)32-24-40(30-14-10-22-46-27-30)48-41(25-32)31-15-11-23-47-28-31/h1-28H. The van der Waals surface area contributed by atoms with Gasteiger partial charge in [-0.2, -0.15) is 4.80 Å². The molecular weight excluding hydrogens is 625 g/mol. The van der Waals surface area contributed by atoms with E-state index in [0.717, 1.165) is 55.6 Å². The lowest BCUT2D eigenvalue weighted by Crippen LogP contribution is -2.01. The van der Waals surface area contributed by atoms with Crippen LogP contribution < -0.4 is 0 Å². The lowest BCUT2D eigenvalue weighted by Gasteiger charge is -2.18. The summed E-state index contributed by atoms with van der Waals surface area (Å²) in [5, 5.41) is 17.3. The second-order valence-electron chi connectivity index (χ2n) is 12.6. The van der Waals surface area contributed by atoms with Crippen molar-refractivity contribution in [3.63, 3.8) is 0 Å². The molecule has 0 radical (unpaired) electrons. The molecule has 10 rings (SSSR count). The Kier molecular flexibility index (Phi) is 6.70. The number of benzene rings is 6. The molecular formula is C45H28N6. The van der Waals surface area contributed by atoms with Crippen LogP contribution >= 0.6 is 0 Å². The van der Waals surface area contributed by atoms with Gasteiger partial charge in [-0.05, 0) is 91.6 Å². The van der Waals surface area contributed by atoms with E-state index in [0.29, 0.717) is 0 Å². The van der Waals surface area contributed by atoms with Crippen LogP contribution in [0.5, 0.6) is 0 Å². The maximum absolute atomic E-state index is 5.16. The van der Waals surface area contributed by atoms with Crippen molar-refractivity contribution < 1.29 is 0 Å². The highest BCUT2D eigenvalue weighted by atomic mass is 15.5. The molecule has 0 atom stereocenters. The summed E-state index contributed by atoms with van der Waals surface area (Å²) in [5.74, 6) is 0. The summed E-state index contributed by atoms with van der Waals surface area (Å²) < 4.78 is 0. The lowest BCUT2D eigenvalue weighted by atomic mass is 9.84. The van der Waals surface area contributed by atoms with E-state index < -0.39 is 0 Å². The molecule has 0 amide bonds. The summed E-state index contributed by atoms with van der Waals surface area (Å²) in [4.78, 5) is 15.4. The number of nitrogens with zero attached hydrogens (tertiary/aromatic N) is 6. The van der Waals surface area contributed by atoms with Crippen molar-refractivity contribution in [3.8, 4) is 50.5 Å². The van der Waals surface area contributed by atoms with Crippen molar-refractivity contribution in [2.45, 2.75) is 0 Å². The predicted molar refractivity (Wildman–Crippen MR) is 207 cm³/mol. The molecule has 0 spiro atoms. The summed E-state index contributed by atoms with van der Waals surface area (Å²) >= 11 is 0. The highest BCUT2D eigenvalue weighted by molar-refractivity contribution is 6.25. The Labute approximate surface area is 293 Å². The third-order valence-electron chi connectivity index (χ3n) is 9.61. The van der Waals surface area contributed by atoms with Gasteiger partial charge in [-0.15, -0.1) is 10.2 Å². The topological polar surface area (TPSA) is 69.4 Å². The van der Waals surface area contributed by atoms with Crippen LogP contribution in [-0.2, 0) is 0 Å². The first kappa shape index (κ1) is 28.9. The fourth-order valence-electron chi connectivity index (χ4n) is 7.36. The zero-order chi connectivity index (χ0) is 33.7. The van der Waals surface area contributed by atoms with Gasteiger partial charge in [0.1, 0.15) is 11.0 Å². The van der Waals surface area contributed by atoms with Gasteiger partial charge in [0.25, 0.3) is 0 Å². The lowest BCUT2D eigenvalue weighted by molar-refractivity contribution is 0.765. The maximum Gasteiger partial charge on any atom is 0.121 e. The molecule has 0 saturated heterocycles. The van der Waals surface area contributed by atoms with E-state index in [1.54, 1.807) is 17.2 Å². The monoisotopic (exact) mass is 652 g/mol. The molecule has 4 aromatic heterocycles. The first-order valence-corrected chi connectivity index (χ1v) is 16.9. The van der Waals surface area contributed by atoms with Gasteiger partial charge in [0, 0.05) is 41.3 Å². The molecule has 0 saturated carbocycles. The van der Waals surface area contributed by atoms with Gasteiger partial charge in [0.2, 0.25) is 0 Å². The quantitative estimate of drug-likeness (QED) is 0.173. The van der Waals surface area contributed by atoms with E-state index in [9.17, 15) is 0 Å². The third-order valence-corrected chi connectivity index (χ3v) is 9.61. The van der Waals surface area contributed by atoms with Gasteiger partial charge in [0.05, 0.1) is 17.1 Å². The molecule has 0 aliphatic heterocycles. The molecule has 51 heavy (non-hydrogen) atoms. The van der Waals surface area contributed by atoms with Gasteiger partial charge >= 0.3 is 0 Å². The Morgan fingerprint density at radius 2 is 0.922 bits per heavy atom. The van der Waals surface area contributed by atoms with E-state index >= 15 is 0 Å². The summed E-state index contributed by atoms with van der Waals surface area (Å²) in [6, 6.07) is 50.8. The largest absolute Gasteiger partial charge is 0.264 e. The van der Waals surface area contributed by atoms with Crippen LogP contribution in [0, 0.1) is 0 Å². The van der Waals surface area contributed by atoms with Gasteiger partial charge in [-0.25, -0.2) is 4.98 Å². The second kappa shape index (κ2) is 11.8. The van der Waals surface area contributed by atoms with E-state index in [1.165, 1.54) is 38.2 Å². The first-order chi connectivity index (χ1) is 25.3. The van der Waals surface area contributed by atoms with E-state index in [1.807, 2.05) is 48.8 Å². The van der Waals surface area contributed by atoms with Crippen LogP contribution in [0.3, 0.4) is 0 Å². The highest BCUT2D eigenvalue weighted by Gasteiger charge is 2.21. The maximum atomic E-state index is 5.16. The van der Waals surface area contributed by atoms with Gasteiger partial charge in [-0.1, -0.05) is 103 Å². The summed E-state index contributed by atoms with van der Waals surface area (Å²) in [5.41, 5.74) is 10.6. The van der Waals surface area contributed by atoms with Crippen molar-refractivity contribution in [1.82, 2.24) is 29.9 Å². The molecule has 10 aromatic rings. The van der Waals surface area contributed by atoms with Crippen LogP contribution in [0.25, 0.3) is 93.8 Å². The number of aromatic nitrogens is 6. The third kappa shape index (κ3) is 4.84. The van der Waals surface area contributed by atoms with Crippen molar-refractivity contribution in [2.75, 3.05) is 0 Å². The molecule has 0 unspecified atom stereocenters. The average molecular weight is 653 g/mol. The fraction of sp³-hybridized carbons (Fsp3) is 0. The Morgan fingerprint density at radius 3 is 1.49 bits per heavy atom. The molecule has 4 heterocycles. The molecule has 0 fully saturated rings. The molecule has 6 aromatic carbocycles. The van der Waals surface area contributed by atoms with Crippen LogP contribution in [0.4, 0.5) is 0 Å². The van der Waals surface area contributed by atoms with E-state index in [-0.39, 0.29) is 0 Å². The average Bonchev–Trinajstić information content (AvgIpc) is 3.65. The first-order valence-electron chi connectivity index (χ1n) is 16.9. The molecule has 6 nitrogen and oxygen atoms in total. The van der Waals surface area contributed by atoms with Crippen molar-refractivity contribution in [3.05, 3.63) is 170 Å². The van der Waals surface area contributed by atoms with Crippen LogP contribution in [0.1, 0.15) is 0 Å². The number of hydrogen-bond acceptors (Lipinski definition) is 5. The predicted octanol–water partition coefficient (Wildman–Crippen LogP) is 10.7. The fourth-order valence-corrected chi connectivity index (χ4v) is 7.36. The molecule has 0 aliphatic carbocycles. The summed E-state index contributed by atoms with van der Waals surface area (Å²) in [6.45, 7) is 0. The summed E-state index contributed by atoms with van der Waals surface area (Å²) in [7, 11) is 0. The normalized spacial score (nSPS) is 11.5. The molecule has 0 N–H and O–H groups in total. The molecule has 238 valence electrons. The second-order valence-corrected chi connectivity index (χ2v) is 12.6. The van der Waals surface area contributed by atoms with E-state index in [2.05, 4.69) is 119 Å². The van der Waals surface area contributed by atoms with Crippen molar-refractivity contribution in [2.24, 2.45) is 0 Å². The molecule has 6 heteroatoms. The van der Waals surface area contributed by atoms with Gasteiger partial charge in [-0.3, -0.25) is 9.97 Å². The van der Waals surface area contributed by atoms with Crippen LogP contribution in [0.2, 0.25) is 0 Å². The van der Waals surface area contributed by atoms with Gasteiger partial charge in [0.15, 0.2) is 0 Å². The number of rotatable bonds is 5. The van der Waals surface area contributed by atoms with Crippen molar-refractivity contribution >= 4 is 43.4 Å². The van der Waals surface area contributed by atoms with Gasteiger partial charge < -0.3 is 0 Å². The smallest absolute Gasteiger partial charge is 0.121 e. The molecule has 0 aliphatic rings. The molecule has 0 bridgehead atoms. The Hall–Kier alpha value is -7.05. The summed E-state index contributed by atoms with van der Waals surface area (Å²) in [6.07, 6.45) is 7.18. The van der Waals surface area contributed by atoms with Crippen LogP contribution in [0.15, 0.2) is 170 Å². The van der Waals surface area contributed by atoms with E-state index in [4.69, 9.17) is 15.2 Å². The minimum atomic E-state index is 0.780. The number of fused-ring (bicyclic) bond motifs is 5. The van der Waals surface area contributed by atoms with Crippen molar-refractivity contribution in [1.29, 1.82) is 0 Å². The minimum Gasteiger partial charge on any atom is -0.264 e. The highest BCUT2D eigenvalue weighted by Crippen LogP contribution is 2.46. The number of hydrogen-bond donors (Lipinski definition) is 0. The zero-order valence-corrected chi connectivity index (χ0v) is 27.3. The Balaban J connectivity index is 1.24. The van der Waals surface area contributed by atoms with Crippen LogP contribution in [-0.4, -0.2) is 29.9 Å². The zero-order valence-electron chi connectivity index (χ0n) is 27.3. The minimum absolute atomic E-state index is 0.780.